The number of hydrogen-bond acceptors (Lipinski definition) is 4. The van der Waals surface area contributed by atoms with Gasteiger partial charge in [0.25, 0.3) is 5.91 Å². The SMILES string of the molecule is O=C(N[C@@H](c1ccccc1)[C@H](O)c1ccccc1)c1ccc2c(c1)nc(-c1ccccn1)n2C1CCCCC1. The fourth-order valence-corrected chi connectivity index (χ4v) is 5.70. The summed E-state index contributed by atoms with van der Waals surface area (Å²) < 4.78 is 2.32. The standard InChI is InChI=1S/C33H32N4O2/c38-31(24-14-6-2-7-15-24)30(23-12-4-1-5-13-23)36-33(39)25-19-20-29-28(22-25)35-32(27-18-10-11-21-34-27)37(29)26-16-8-3-9-17-26/h1-2,4-7,10-15,18-22,26,30-31,38H,3,8-9,16-17H2,(H,36,39)/t30-,31+/m0/s1. The molecule has 0 radical (unpaired) electrons. The van der Waals surface area contributed by atoms with Crippen LogP contribution in [0, 0.1) is 0 Å². The topological polar surface area (TPSA) is 80.0 Å². The smallest absolute Gasteiger partial charge is 0.251 e. The van der Waals surface area contributed by atoms with Crippen LogP contribution < -0.4 is 5.32 Å². The highest BCUT2D eigenvalue weighted by atomic mass is 16.3. The summed E-state index contributed by atoms with van der Waals surface area (Å²) in [7, 11) is 0. The maximum absolute atomic E-state index is 13.6. The predicted octanol–water partition coefficient (Wildman–Crippen LogP) is 6.81. The molecule has 6 heteroatoms. The van der Waals surface area contributed by atoms with Gasteiger partial charge in [0.1, 0.15) is 11.8 Å². The van der Waals surface area contributed by atoms with Gasteiger partial charge in [-0.3, -0.25) is 9.78 Å². The summed E-state index contributed by atoms with van der Waals surface area (Å²) in [4.78, 5) is 23.2. The first kappa shape index (κ1) is 25.0. The molecule has 1 aliphatic rings. The van der Waals surface area contributed by atoms with E-state index in [0.717, 1.165) is 46.5 Å². The Labute approximate surface area is 228 Å². The maximum atomic E-state index is 13.6. The molecular formula is C33H32N4O2. The molecule has 1 fully saturated rings. The zero-order chi connectivity index (χ0) is 26.6. The molecule has 2 atom stereocenters. The molecule has 3 aromatic carbocycles. The largest absolute Gasteiger partial charge is 0.386 e. The van der Waals surface area contributed by atoms with E-state index in [1.165, 1.54) is 19.3 Å². The molecule has 1 amide bonds. The van der Waals surface area contributed by atoms with Gasteiger partial charge in [0.05, 0.1) is 17.1 Å². The highest BCUT2D eigenvalue weighted by molar-refractivity contribution is 5.98. The molecule has 0 bridgehead atoms. The minimum absolute atomic E-state index is 0.257. The number of carbonyl (C=O) groups excluding carboxylic acids is 1. The van der Waals surface area contributed by atoms with E-state index in [9.17, 15) is 9.90 Å². The summed E-state index contributed by atoms with van der Waals surface area (Å²) in [5.74, 6) is 0.587. The molecule has 1 saturated carbocycles. The minimum Gasteiger partial charge on any atom is -0.386 e. The van der Waals surface area contributed by atoms with Gasteiger partial charge in [0, 0.05) is 17.8 Å². The molecule has 0 saturated heterocycles. The van der Waals surface area contributed by atoms with E-state index in [2.05, 4.69) is 14.9 Å². The number of amides is 1. The van der Waals surface area contributed by atoms with Crippen molar-refractivity contribution in [2.75, 3.05) is 0 Å². The fraction of sp³-hybridized carbons (Fsp3) is 0.242. The number of fused-ring (bicyclic) bond motifs is 1. The van der Waals surface area contributed by atoms with Gasteiger partial charge in [0.15, 0.2) is 5.82 Å². The lowest BCUT2D eigenvalue weighted by Gasteiger charge is -2.26. The molecule has 2 N–H and O–H groups in total. The molecule has 196 valence electrons. The normalized spacial score (nSPS) is 15.6. The van der Waals surface area contributed by atoms with Crippen molar-refractivity contribution >= 4 is 16.9 Å². The Hall–Kier alpha value is -4.29. The molecule has 6 rings (SSSR count). The van der Waals surface area contributed by atoms with Gasteiger partial charge >= 0.3 is 0 Å². The molecule has 0 unspecified atom stereocenters. The van der Waals surface area contributed by atoms with Crippen molar-refractivity contribution in [3.63, 3.8) is 0 Å². The Morgan fingerprint density at radius 1 is 0.846 bits per heavy atom. The Morgan fingerprint density at radius 2 is 1.54 bits per heavy atom. The van der Waals surface area contributed by atoms with Crippen molar-refractivity contribution in [1.82, 2.24) is 19.9 Å². The number of hydrogen-bond donors (Lipinski definition) is 2. The Morgan fingerprint density at radius 3 is 2.23 bits per heavy atom. The van der Waals surface area contributed by atoms with E-state index >= 15 is 0 Å². The van der Waals surface area contributed by atoms with Gasteiger partial charge in [-0.15, -0.1) is 0 Å². The first-order valence-electron chi connectivity index (χ1n) is 13.7. The number of aromatic nitrogens is 3. The van der Waals surface area contributed by atoms with E-state index in [1.807, 2.05) is 97.1 Å². The number of carbonyl (C=O) groups is 1. The summed E-state index contributed by atoms with van der Waals surface area (Å²) in [5.41, 5.74) is 4.71. The Balaban J connectivity index is 1.36. The number of nitrogens with zero attached hydrogens (tertiary/aromatic N) is 3. The van der Waals surface area contributed by atoms with Crippen molar-refractivity contribution in [1.29, 1.82) is 0 Å². The van der Waals surface area contributed by atoms with Gasteiger partial charge in [-0.25, -0.2) is 4.98 Å². The first-order valence-corrected chi connectivity index (χ1v) is 13.7. The highest BCUT2D eigenvalue weighted by Crippen LogP contribution is 2.36. The summed E-state index contributed by atoms with van der Waals surface area (Å²) in [6.07, 6.45) is 6.80. The van der Waals surface area contributed by atoms with Crippen LogP contribution in [0.3, 0.4) is 0 Å². The number of pyridine rings is 1. The summed E-state index contributed by atoms with van der Waals surface area (Å²) in [6.45, 7) is 0. The average Bonchev–Trinajstić information content (AvgIpc) is 3.40. The summed E-state index contributed by atoms with van der Waals surface area (Å²) in [5, 5.41) is 14.4. The third-order valence-corrected chi connectivity index (χ3v) is 7.69. The predicted molar refractivity (Wildman–Crippen MR) is 153 cm³/mol. The second kappa shape index (κ2) is 11.2. The van der Waals surface area contributed by atoms with E-state index < -0.39 is 12.1 Å². The third kappa shape index (κ3) is 5.20. The number of aliphatic hydroxyl groups excluding tert-OH is 1. The number of imidazole rings is 1. The second-order valence-corrected chi connectivity index (χ2v) is 10.2. The summed E-state index contributed by atoms with van der Waals surface area (Å²) >= 11 is 0. The molecule has 5 aromatic rings. The molecule has 6 nitrogen and oxygen atoms in total. The Bertz CT molecular complexity index is 1540. The number of aliphatic hydroxyl groups is 1. The lowest BCUT2D eigenvalue weighted by molar-refractivity contribution is 0.0831. The molecule has 1 aliphatic carbocycles. The van der Waals surface area contributed by atoms with Crippen molar-refractivity contribution < 1.29 is 9.90 Å². The van der Waals surface area contributed by atoms with E-state index in [4.69, 9.17) is 4.98 Å². The van der Waals surface area contributed by atoms with Gasteiger partial charge in [-0.05, 0) is 54.3 Å². The van der Waals surface area contributed by atoms with Gasteiger partial charge in [0.2, 0.25) is 0 Å². The third-order valence-electron chi connectivity index (χ3n) is 7.69. The van der Waals surface area contributed by atoms with Crippen LogP contribution in [0.5, 0.6) is 0 Å². The summed E-state index contributed by atoms with van der Waals surface area (Å²) in [6, 6.07) is 30.4. The monoisotopic (exact) mass is 516 g/mol. The van der Waals surface area contributed by atoms with Gasteiger partial charge in [-0.2, -0.15) is 0 Å². The van der Waals surface area contributed by atoms with Crippen LogP contribution in [0.1, 0.15) is 71.8 Å². The van der Waals surface area contributed by atoms with E-state index in [0.29, 0.717) is 11.6 Å². The Kier molecular flexibility index (Phi) is 7.19. The van der Waals surface area contributed by atoms with Crippen molar-refractivity contribution in [2.24, 2.45) is 0 Å². The van der Waals surface area contributed by atoms with Crippen LogP contribution in [0.25, 0.3) is 22.6 Å². The lowest BCUT2D eigenvalue weighted by Crippen LogP contribution is -2.32. The number of benzene rings is 3. The average molecular weight is 517 g/mol. The lowest BCUT2D eigenvalue weighted by atomic mass is 9.95. The number of nitrogens with one attached hydrogen (secondary N) is 1. The molecule has 0 spiro atoms. The molecule has 39 heavy (non-hydrogen) atoms. The van der Waals surface area contributed by atoms with Crippen molar-refractivity contribution in [2.45, 2.75) is 50.3 Å². The van der Waals surface area contributed by atoms with E-state index in [1.54, 1.807) is 6.20 Å². The van der Waals surface area contributed by atoms with Crippen molar-refractivity contribution in [3.05, 3.63) is 120 Å². The number of rotatable bonds is 7. The van der Waals surface area contributed by atoms with Crippen LogP contribution in [0.2, 0.25) is 0 Å². The zero-order valence-corrected chi connectivity index (χ0v) is 21.8. The molecule has 0 aliphatic heterocycles. The zero-order valence-electron chi connectivity index (χ0n) is 21.8. The van der Waals surface area contributed by atoms with Gasteiger partial charge < -0.3 is 15.0 Å². The van der Waals surface area contributed by atoms with Gasteiger partial charge in [-0.1, -0.05) is 86.0 Å². The highest BCUT2D eigenvalue weighted by Gasteiger charge is 2.27. The first-order chi connectivity index (χ1) is 19.2. The van der Waals surface area contributed by atoms with Crippen LogP contribution in [-0.2, 0) is 0 Å². The van der Waals surface area contributed by atoms with Crippen LogP contribution in [0.4, 0.5) is 0 Å². The molecular weight excluding hydrogens is 484 g/mol. The van der Waals surface area contributed by atoms with Crippen molar-refractivity contribution in [3.8, 4) is 11.5 Å². The second-order valence-electron chi connectivity index (χ2n) is 10.2. The van der Waals surface area contributed by atoms with E-state index in [-0.39, 0.29) is 5.91 Å². The quantitative estimate of drug-likeness (QED) is 0.249. The molecule has 2 aromatic heterocycles. The molecule has 2 heterocycles. The van der Waals surface area contributed by atoms with Crippen LogP contribution in [0.15, 0.2) is 103 Å². The fourth-order valence-electron chi connectivity index (χ4n) is 5.70. The van der Waals surface area contributed by atoms with Crippen LogP contribution in [-0.4, -0.2) is 25.5 Å². The van der Waals surface area contributed by atoms with Crippen LogP contribution >= 0.6 is 0 Å². The minimum atomic E-state index is -0.900. The maximum Gasteiger partial charge on any atom is 0.251 e.